The van der Waals surface area contributed by atoms with Gasteiger partial charge in [0.15, 0.2) is 0 Å². The van der Waals surface area contributed by atoms with Crippen molar-refractivity contribution in [2.75, 3.05) is 13.1 Å². The number of rotatable bonds is 4. The summed E-state index contributed by atoms with van der Waals surface area (Å²) in [5.74, 6) is 1.04. The van der Waals surface area contributed by atoms with Crippen LogP contribution in [0.4, 0.5) is 0 Å². The average Bonchev–Trinajstić information content (AvgIpc) is 2.82. The highest BCUT2D eigenvalue weighted by Crippen LogP contribution is 2.29. The zero-order valence-electron chi connectivity index (χ0n) is 8.95. The summed E-state index contributed by atoms with van der Waals surface area (Å²) in [4.78, 5) is 9.96. The molecule has 0 spiro atoms. The maximum Gasteiger partial charge on any atom is 0.120 e. The Balaban J connectivity index is 1.44. The van der Waals surface area contributed by atoms with E-state index in [1.165, 1.54) is 32.4 Å². The molecule has 0 radical (unpaired) electrons. The van der Waals surface area contributed by atoms with E-state index in [1.54, 1.807) is 0 Å². The Labute approximate surface area is 90.1 Å². The second-order valence-corrected chi connectivity index (χ2v) is 4.63. The van der Waals surface area contributed by atoms with E-state index in [4.69, 9.17) is 0 Å². The predicted octanol–water partition coefficient (Wildman–Crippen LogP) is 0.736. The number of imidazole rings is 1. The lowest BCUT2D eigenvalue weighted by atomic mass is 10.2. The molecule has 1 aromatic heterocycles. The zero-order valence-corrected chi connectivity index (χ0v) is 8.95. The van der Waals surface area contributed by atoms with Gasteiger partial charge in [-0.3, -0.25) is 4.90 Å². The second kappa shape index (κ2) is 3.94. The molecule has 0 amide bonds. The van der Waals surface area contributed by atoms with Gasteiger partial charge in [-0.1, -0.05) is 0 Å². The van der Waals surface area contributed by atoms with Crippen LogP contribution < -0.4 is 5.32 Å². The summed E-state index contributed by atoms with van der Waals surface area (Å²) < 4.78 is 0. The maximum absolute atomic E-state index is 4.21. The van der Waals surface area contributed by atoms with E-state index in [2.05, 4.69) is 20.2 Å². The SMILES string of the molecule is c1c[nH]c(CNC2CCN(C3CC3)C2)n1. The molecular weight excluding hydrogens is 188 g/mol. The molecule has 4 heteroatoms. The Morgan fingerprint density at radius 2 is 2.40 bits per heavy atom. The second-order valence-electron chi connectivity index (χ2n) is 4.63. The van der Waals surface area contributed by atoms with E-state index in [1.807, 2.05) is 12.4 Å². The monoisotopic (exact) mass is 206 g/mol. The summed E-state index contributed by atoms with van der Waals surface area (Å²) >= 11 is 0. The molecule has 2 fully saturated rings. The van der Waals surface area contributed by atoms with E-state index in [0.29, 0.717) is 6.04 Å². The van der Waals surface area contributed by atoms with Gasteiger partial charge in [-0.15, -0.1) is 0 Å². The molecule has 2 heterocycles. The molecule has 1 aromatic rings. The summed E-state index contributed by atoms with van der Waals surface area (Å²) in [6, 6.07) is 1.58. The van der Waals surface area contributed by atoms with Gasteiger partial charge in [0.1, 0.15) is 5.82 Å². The fourth-order valence-corrected chi connectivity index (χ4v) is 2.36. The highest BCUT2D eigenvalue weighted by Gasteiger charge is 2.33. The lowest BCUT2D eigenvalue weighted by Crippen LogP contribution is -2.33. The Kier molecular flexibility index (Phi) is 2.46. The number of aromatic nitrogens is 2. The molecule has 82 valence electrons. The van der Waals surface area contributed by atoms with Crippen molar-refractivity contribution in [1.29, 1.82) is 0 Å². The van der Waals surface area contributed by atoms with Crippen molar-refractivity contribution in [3.8, 4) is 0 Å². The normalized spacial score (nSPS) is 27.3. The molecular formula is C11H18N4. The number of hydrogen-bond donors (Lipinski definition) is 2. The Bertz CT molecular complexity index is 304. The van der Waals surface area contributed by atoms with E-state index < -0.39 is 0 Å². The summed E-state index contributed by atoms with van der Waals surface area (Å²) in [6.45, 7) is 3.38. The van der Waals surface area contributed by atoms with Crippen molar-refractivity contribution in [2.45, 2.75) is 37.9 Å². The first-order valence-corrected chi connectivity index (χ1v) is 5.87. The smallest absolute Gasteiger partial charge is 0.120 e. The Morgan fingerprint density at radius 3 is 3.13 bits per heavy atom. The molecule has 15 heavy (non-hydrogen) atoms. The van der Waals surface area contributed by atoms with Gasteiger partial charge in [-0.2, -0.15) is 0 Å². The summed E-state index contributed by atoms with van der Waals surface area (Å²) in [7, 11) is 0. The Morgan fingerprint density at radius 1 is 1.47 bits per heavy atom. The highest BCUT2D eigenvalue weighted by atomic mass is 15.2. The first kappa shape index (κ1) is 9.36. The third kappa shape index (κ3) is 2.21. The minimum atomic E-state index is 0.663. The van der Waals surface area contributed by atoms with E-state index in [0.717, 1.165) is 18.4 Å². The minimum absolute atomic E-state index is 0.663. The number of nitrogens with one attached hydrogen (secondary N) is 2. The molecule has 1 atom stereocenters. The van der Waals surface area contributed by atoms with Gasteiger partial charge in [0.2, 0.25) is 0 Å². The molecule has 0 aromatic carbocycles. The summed E-state index contributed by atoms with van der Waals surface area (Å²) in [6.07, 6.45) is 7.82. The third-order valence-electron chi connectivity index (χ3n) is 3.40. The topological polar surface area (TPSA) is 44.0 Å². The van der Waals surface area contributed by atoms with Gasteiger partial charge in [0.05, 0.1) is 6.54 Å². The number of H-pyrrole nitrogens is 1. The van der Waals surface area contributed by atoms with Crippen molar-refractivity contribution in [1.82, 2.24) is 20.2 Å². The highest BCUT2D eigenvalue weighted by molar-refractivity contribution is 4.93. The number of nitrogens with zero attached hydrogens (tertiary/aromatic N) is 2. The molecule has 1 saturated carbocycles. The predicted molar refractivity (Wildman–Crippen MR) is 58.4 cm³/mol. The van der Waals surface area contributed by atoms with Crippen LogP contribution in [-0.2, 0) is 6.54 Å². The van der Waals surface area contributed by atoms with Gasteiger partial charge in [-0.25, -0.2) is 4.98 Å². The van der Waals surface area contributed by atoms with Crippen LogP contribution in [-0.4, -0.2) is 40.0 Å². The van der Waals surface area contributed by atoms with Crippen LogP contribution in [0.15, 0.2) is 12.4 Å². The molecule has 1 unspecified atom stereocenters. The van der Waals surface area contributed by atoms with Crippen LogP contribution in [0.1, 0.15) is 25.1 Å². The molecule has 1 aliphatic heterocycles. The zero-order chi connectivity index (χ0) is 10.1. The third-order valence-corrected chi connectivity index (χ3v) is 3.40. The molecule has 1 saturated heterocycles. The lowest BCUT2D eigenvalue weighted by molar-refractivity contribution is 0.317. The summed E-state index contributed by atoms with van der Waals surface area (Å²) in [5.41, 5.74) is 0. The number of likely N-dealkylation sites (tertiary alicyclic amines) is 1. The quantitative estimate of drug-likeness (QED) is 0.763. The van der Waals surface area contributed by atoms with Gasteiger partial charge in [0, 0.05) is 37.6 Å². The molecule has 2 aliphatic rings. The van der Waals surface area contributed by atoms with Gasteiger partial charge in [-0.05, 0) is 19.3 Å². The van der Waals surface area contributed by atoms with E-state index in [-0.39, 0.29) is 0 Å². The maximum atomic E-state index is 4.21. The molecule has 1 aliphatic carbocycles. The Hall–Kier alpha value is -0.870. The van der Waals surface area contributed by atoms with Crippen molar-refractivity contribution < 1.29 is 0 Å². The van der Waals surface area contributed by atoms with Crippen molar-refractivity contribution in [3.05, 3.63) is 18.2 Å². The van der Waals surface area contributed by atoms with Crippen LogP contribution in [0.3, 0.4) is 0 Å². The van der Waals surface area contributed by atoms with Crippen LogP contribution in [0.2, 0.25) is 0 Å². The molecule has 4 nitrogen and oxygen atoms in total. The molecule has 3 rings (SSSR count). The standard InChI is InChI=1S/C11H18N4/c1-2-10(1)15-6-3-9(8-15)14-7-11-12-4-5-13-11/h4-5,9-10,14H,1-3,6-8H2,(H,12,13). The van der Waals surface area contributed by atoms with Crippen LogP contribution in [0, 0.1) is 0 Å². The van der Waals surface area contributed by atoms with Crippen molar-refractivity contribution in [2.24, 2.45) is 0 Å². The van der Waals surface area contributed by atoms with Crippen LogP contribution in [0.5, 0.6) is 0 Å². The van der Waals surface area contributed by atoms with Crippen molar-refractivity contribution in [3.63, 3.8) is 0 Å². The molecule has 0 bridgehead atoms. The lowest BCUT2D eigenvalue weighted by Gasteiger charge is -2.15. The average molecular weight is 206 g/mol. The fraction of sp³-hybridized carbons (Fsp3) is 0.727. The number of hydrogen-bond acceptors (Lipinski definition) is 3. The van der Waals surface area contributed by atoms with E-state index in [9.17, 15) is 0 Å². The van der Waals surface area contributed by atoms with E-state index >= 15 is 0 Å². The largest absolute Gasteiger partial charge is 0.348 e. The first-order valence-electron chi connectivity index (χ1n) is 5.87. The fourth-order valence-electron chi connectivity index (χ4n) is 2.36. The van der Waals surface area contributed by atoms with Crippen LogP contribution >= 0.6 is 0 Å². The van der Waals surface area contributed by atoms with Crippen molar-refractivity contribution >= 4 is 0 Å². The number of aromatic amines is 1. The van der Waals surface area contributed by atoms with Gasteiger partial charge in [0.25, 0.3) is 0 Å². The first-order chi connectivity index (χ1) is 7.42. The molecule has 2 N–H and O–H groups in total. The summed E-state index contributed by atoms with van der Waals surface area (Å²) in [5, 5.41) is 3.56. The minimum Gasteiger partial charge on any atom is -0.348 e. The van der Waals surface area contributed by atoms with Crippen LogP contribution in [0.25, 0.3) is 0 Å². The van der Waals surface area contributed by atoms with Gasteiger partial charge >= 0.3 is 0 Å². The van der Waals surface area contributed by atoms with Gasteiger partial charge < -0.3 is 10.3 Å².